The van der Waals surface area contributed by atoms with E-state index < -0.39 is 11.6 Å². The molecule has 0 bridgehead atoms. The van der Waals surface area contributed by atoms with Crippen LogP contribution in [0.25, 0.3) is 11.1 Å². The number of aldehydes is 1. The van der Waals surface area contributed by atoms with Crippen molar-refractivity contribution in [1.82, 2.24) is 9.88 Å². The van der Waals surface area contributed by atoms with Crippen LogP contribution in [0.15, 0.2) is 36.4 Å². The minimum absolute atomic E-state index is 0.0402. The second-order valence-electron chi connectivity index (χ2n) is 12.7. The molecule has 1 saturated carbocycles. The molecule has 3 aliphatic rings. The van der Waals surface area contributed by atoms with Crippen molar-refractivity contribution in [2.24, 2.45) is 5.92 Å². The minimum atomic E-state index is -0.979. The van der Waals surface area contributed by atoms with Crippen molar-refractivity contribution in [3.8, 4) is 16.9 Å². The predicted octanol–water partition coefficient (Wildman–Crippen LogP) is 6.39. The van der Waals surface area contributed by atoms with Crippen LogP contribution in [0.2, 0.25) is 0 Å². The van der Waals surface area contributed by atoms with Crippen LogP contribution in [-0.4, -0.2) is 60.1 Å². The molecule has 2 aliphatic heterocycles. The number of fused-ring (bicyclic) bond motifs is 1. The highest BCUT2D eigenvalue weighted by Crippen LogP contribution is 2.40. The number of hydrogen-bond acceptors (Lipinski definition) is 7. The van der Waals surface area contributed by atoms with Crippen molar-refractivity contribution in [1.29, 1.82) is 5.41 Å². The van der Waals surface area contributed by atoms with E-state index in [-0.39, 0.29) is 31.0 Å². The second kappa shape index (κ2) is 13.0. The van der Waals surface area contributed by atoms with Crippen molar-refractivity contribution in [3.63, 3.8) is 0 Å². The topological polar surface area (TPSA) is 98.6 Å². The highest BCUT2D eigenvalue weighted by Gasteiger charge is 2.31. The lowest BCUT2D eigenvalue weighted by Gasteiger charge is -2.42. The first kappa shape index (κ1) is 30.8. The summed E-state index contributed by atoms with van der Waals surface area (Å²) in [5.74, 6) is -0.984. The number of piperidine rings is 1. The van der Waals surface area contributed by atoms with E-state index in [1.807, 2.05) is 0 Å². The average molecular weight is 616 g/mol. The van der Waals surface area contributed by atoms with Gasteiger partial charge in [-0.2, -0.15) is 0 Å². The number of hydrogen-bond donors (Lipinski definition) is 2. The zero-order valence-corrected chi connectivity index (χ0v) is 25.7. The molecular formula is C35H39F2N5O3. The molecule has 0 atom stereocenters. The number of rotatable bonds is 10. The van der Waals surface area contributed by atoms with E-state index in [0.29, 0.717) is 63.2 Å². The molecule has 236 valence electrons. The number of nitrogens with one attached hydrogen (secondary N) is 2. The van der Waals surface area contributed by atoms with E-state index in [4.69, 9.17) is 15.1 Å². The van der Waals surface area contributed by atoms with Crippen molar-refractivity contribution in [3.05, 3.63) is 70.4 Å². The molecule has 1 aliphatic carbocycles. The van der Waals surface area contributed by atoms with Gasteiger partial charge in [-0.05, 0) is 73.4 Å². The first-order valence-corrected chi connectivity index (χ1v) is 15.8. The maximum absolute atomic E-state index is 13.9. The Hall–Kier alpha value is -4.18. The number of anilines is 2. The molecule has 3 aromatic rings. The third-order valence-electron chi connectivity index (χ3n) is 9.19. The zero-order valence-electron chi connectivity index (χ0n) is 25.7. The van der Waals surface area contributed by atoms with Gasteiger partial charge in [0.2, 0.25) is 0 Å². The van der Waals surface area contributed by atoms with Crippen molar-refractivity contribution in [2.75, 3.05) is 29.9 Å². The third-order valence-corrected chi connectivity index (χ3v) is 9.19. The molecule has 1 saturated heterocycles. The van der Waals surface area contributed by atoms with Crippen LogP contribution in [0.1, 0.15) is 73.1 Å². The van der Waals surface area contributed by atoms with Crippen LogP contribution < -0.4 is 15.0 Å². The summed E-state index contributed by atoms with van der Waals surface area (Å²) in [4.78, 5) is 34.5. The van der Waals surface area contributed by atoms with E-state index in [2.05, 4.69) is 24.1 Å². The van der Waals surface area contributed by atoms with Crippen molar-refractivity contribution >= 4 is 29.9 Å². The highest BCUT2D eigenvalue weighted by molar-refractivity contribution is 6.03. The fourth-order valence-electron chi connectivity index (χ4n) is 6.60. The van der Waals surface area contributed by atoms with Gasteiger partial charge in [-0.15, -0.1) is 0 Å². The average Bonchev–Trinajstić information content (AvgIpc) is 2.99. The number of halogens is 2. The fourth-order valence-corrected chi connectivity index (χ4v) is 6.60. The molecule has 3 heterocycles. The molecule has 45 heavy (non-hydrogen) atoms. The quantitative estimate of drug-likeness (QED) is 0.203. The second-order valence-corrected chi connectivity index (χ2v) is 12.7. The molecule has 2 fully saturated rings. The van der Waals surface area contributed by atoms with Crippen molar-refractivity contribution in [2.45, 2.75) is 71.0 Å². The summed E-state index contributed by atoms with van der Waals surface area (Å²) in [6.45, 7) is 6.03. The van der Waals surface area contributed by atoms with E-state index in [1.165, 1.54) is 36.4 Å². The van der Waals surface area contributed by atoms with E-state index in [1.54, 1.807) is 18.2 Å². The number of ether oxygens (including phenoxy) is 1. The summed E-state index contributed by atoms with van der Waals surface area (Å²) in [7, 11) is 0. The molecule has 8 nitrogen and oxygen atoms in total. The van der Waals surface area contributed by atoms with Crippen LogP contribution in [0.4, 0.5) is 20.3 Å². The Balaban J connectivity index is 1.36. The largest absolute Gasteiger partial charge is 0.482 e. The number of likely N-dealkylation sites (tertiary alicyclic amines) is 1. The van der Waals surface area contributed by atoms with Crippen molar-refractivity contribution < 1.29 is 23.1 Å². The van der Waals surface area contributed by atoms with Gasteiger partial charge in [0.1, 0.15) is 11.6 Å². The number of benzene rings is 2. The summed E-state index contributed by atoms with van der Waals surface area (Å²) >= 11 is 0. The summed E-state index contributed by atoms with van der Waals surface area (Å²) in [6.07, 6.45) is 8.50. The molecule has 6 rings (SSSR count). The maximum Gasteiger partial charge on any atom is 0.265 e. The van der Waals surface area contributed by atoms with Gasteiger partial charge in [-0.1, -0.05) is 32.4 Å². The number of carbonyl (C=O) groups is 2. The molecule has 0 radical (unpaired) electrons. The van der Waals surface area contributed by atoms with Crippen LogP contribution >= 0.6 is 0 Å². The summed E-state index contributed by atoms with van der Waals surface area (Å²) in [6, 6.07) is 9.79. The zero-order chi connectivity index (χ0) is 31.7. The van der Waals surface area contributed by atoms with Gasteiger partial charge < -0.3 is 25.3 Å². The Labute approximate surface area is 262 Å². The van der Waals surface area contributed by atoms with Gasteiger partial charge in [0, 0.05) is 48.1 Å². The smallest absolute Gasteiger partial charge is 0.265 e. The Kier molecular flexibility index (Phi) is 8.94. The molecular weight excluding hydrogens is 576 g/mol. The summed E-state index contributed by atoms with van der Waals surface area (Å²) < 4.78 is 33.3. The number of pyridine rings is 1. The lowest BCUT2D eigenvalue weighted by Crippen LogP contribution is -2.47. The Morgan fingerprint density at radius 1 is 1.07 bits per heavy atom. The van der Waals surface area contributed by atoms with Gasteiger partial charge in [0.25, 0.3) is 5.91 Å². The number of nitrogens with zero attached hydrogens (tertiary/aromatic N) is 3. The molecule has 2 aromatic carbocycles. The summed E-state index contributed by atoms with van der Waals surface area (Å²) in [5.41, 5.74) is 3.80. The first-order valence-electron chi connectivity index (χ1n) is 15.8. The van der Waals surface area contributed by atoms with Gasteiger partial charge in [-0.25, -0.2) is 13.8 Å². The van der Waals surface area contributed by atoms with E-state index >= 15 is 0 Å². The maximum atomic E-state index is 13.9. The number of carbonyl (C=O) groups excluding carboxylic acids is 2. The SMILES string of the molecule is CC(C)Cc1nc(NC2CCN(C3CCC3)CC2)c(C=N)c(-c2ccc3c(c2)OCC(=O)N3Cc2ccc(F)c(F)c2)c1C=O. The first-order chi connectivity index (χ1) is 21.7. The Morgan fingerprint density at radius 3 is 2.49 bits per heavy atom. The summed E-state index contributed by atoms with van der Waals surface area (Å²) in [5, 5.41) is 12.1. The monoisotopic (exact) mass is 615 g/mol. The van der Waals surface area contributed by atoms with Crippen LogP contribution in [0, 0.1) is 23.0 Å². The van der Waals surface area contributed by atoms with Gasteiger partial charge >= 0.3 is 0 Å². The third kappa shape index (κ3) is 6.33. The van der Waals surface area contributed by atoms with Gasteiger partial charge in [0.05, 0.1) is 17.9 Å². The van der Waals surface area contributed by atoms with Gasteiger partial charge in [-0.3, -0.25) is 9.59 Å². The molecule has 1 amide bonds. The Bertz CT molecular complexity index is 1620. The van der Waals surface area contributed by atoms with Crippen LogP contribution in [-0.2, 0) is 17.8 Å². The van der Waals surface area contributed by atoms with E-state index in [9.17, 15) is 18.4 Å². The molecule has 10 heteroatoms. The minimum Gasteiger partial charge on any atom is -0.482 e. The molecule has 2 N–H and O–H groups in total. The highest BCUT2D eigenvalue weighted by atomic mass is 19.2. The lowest BCUT2D eigenvalue weighted by atomic mass is 9.89. The lowest BCUT2D eigenvalue weighted by molar-refractivity contribution is -0.121. The number of aromatic nitrogens is 1. The van der Waals surface area contributed by atoms with Gasteiger partial charge in [0.15, 0.2) is 24.5 Å². The molecule has 0 spiro atoms. The normalized spacial score (nSPS) is 17.5. The standard InChI is InChI=1S/C35H39F2N5O3/c1-21(2)14-30-27(19-43)34(26(17-38)35(40-30)39-24-10-12-41(13-11-24)25-4-3-5-25)23-7-9-31-32(16-23)45-20-33(44)42(31)18-22-6-8-28(36)29(37)15-22/h6-9,15-17,19,21,24-25,38H,3-5,10-14,18,20H2,1-2H3,(H,39,40). The fraction of sp³-hybridized carbons (Fsp3) is 0.429. The predicted molar refractivity (Wildman–Crippen MR) is 170 cm³/mol. The molecule has 1 aromatic heterocycles. The van der Waals surface area contributed by atoms with Crippen LogP contribution in [0.3, 0.4) is 0 Å². The Morgan fingerprint density at radius 2 is 1.84 bits per heavy atom. The number of amides is 1. The van der Waals surface area contributed by atoms with Crippen LogP contribution in [0.5, 0.6) is 5.75 Å². The molecule has 0 unspecified atom stereocenters. The van der Waals surface area contributed by atoms with E-state index in [0.717, 1.165) is 44.4 Å².